The van der Waals surface area contributed by atoms with Crippen LogP contribution in [0.15, 0.2) is 23.0 Å². The first-order chi connectivity index (χ1) is 8.66. The summed E-state index contributed by atoms with van der Waals surface area (Å²) in [6.07, 6.45) is 5.01. The summed E-state index contributed by atoms with van der Waals surface area (Å²) in [6, 6.07) is 5.94. The molecule has 3 rings (SSSR count). The predicted molar refractivity (Wildman–Crippen MR) is 75.3 cm³/mol. The number of rotatable bonds is 1. The number of pyridine rings is 1. The van der Waals surface area contributed by atoms with Gasteiger partial charge in [0.2, 0.25) is 0 Å². The van der Waals surface area contributed by atoms with Crippen LogP contribution in [0.4, 0.5) is 0 Å². The molecule has 1 aliphatic carbocycles. The van der Waals surface area contributed by atoms with E-state index < -0.39 is 0 Å². The fraction of sp³-hybridized carbons (Fsp3) is 0.438. The third kappa shape index (κ3) is 1.76. The Labute approximate surface area is 107 Å². The van der Waals surface area contributed by atoms with Gasteiger partial charge in [0.1, 0.15) is 0 Å². The van der Waals surface area contributed by atoms with Gasteiger partial charge in [-0.3, -0.25) is 4.79 Å². The summed E-state index contributed by atoms with van der Waals surface area (Å²) in [5.74, 6) is 0.557. The highest BCUT2D eigenvalue weighted by Gasteiger charge is 2.19. The number of H-pyrrole nitrogens is 1. The zero-order valence-corrected chi connectivity index (χ0v) is 11.0. The number of aromatic amines is 1. The van der Waals surface area contributed by atoms with Crippen LogP contribution < -0.4 is 5.43 Å². The van der Waals surface area contributed by atoms with Crippen molar-refractivity contribution < 1.29 is 0 Å². The van der Waals surface area contributed by atoms with Crippen LogP contribution in [0.3, 0.4) is 0 Å². The van der Waals surface area contributed by atoms with Gasteiger partial charge in [-0.2, -0.15) is 0 Å². The molecular formula is C16H19NO. The standard InChI is InChI=1S/C16H19NO/c1-10-7-8-11(2)16-15(10)14(18)9-13(17-16)12-5-3-4-6-12/h7-9,12H,3-6H2,1-2H3,(H,17,18). The van der Waals surface area contributed by atoms with Gasteiger partial charge in [0.15, 0.2) is 5.43 Å². The fourth-order valence-corrected chi connectivity index (χ4v) is 3.14. The molecule has 1 aromatic heterocycles. The van der Waals surface area contributed by atoms with Crippen LogP contribution >= 0.6 is 0 Å². The normalized spacial score (nSPS) is 16.6. The van der Waals surface area contributed by atoms with Crippen molar-refractivity contribution in [2.75, 3.05) is 0 Å². The van der Waals surface area contributed by atoms with E-state index in [1.807, 2.05) is 19.1 Å². The van der Waals surface area contributed by atoms with Crippen molar-refractivity contribution >= 4 is 10.9 Å². The Morgan fingerprint density at radius 2 is 1.78 bits per heavy atom. The molecule has 2 heteroatoms. The van der Waals surface area contributed by atoms with Gasteiger partial charge in [0.25, 0.3) is 0 Å². The van der Waals surface area contributed by atoms with E-state index in [0.29, 0.717) is 5.92 Å². The van der Waals surface area contributed by atoms with E-state index in [1.54, 1.807) is 0 Å². The smallest absolute Gasteiger partial charge is 0.189 e. The lowest BCUT2D eigenvalue weighted by molar-refractivity contribution is 0.700. The Bertz CT molecular complexity index is 648. The molecule has 1 fully saturated rings. The highest BCUT2D eigenvalue weighted by molar-refractivity contribution is 5.84. The predicted octanol–water partition coefficient (Wildman–Crippen LogP) is 3.80. The van der Waals surface area contributed by atoms with E-state index >= 15 is 0 Å². The van der Waals surface area contributed by atoms with Crippen molar-refractivity contribution in [3.63, 3.8) is 0 Å². The van der Waals surface area contributed by atoms with Gasteiger partial charge in [0.05, 0.1) is 5.52 Å². The molecule has 0 bridgehead atoms. The third-order valence-corrected chi connectivity index (χ3v) is 4.22. The molecule has 1 heterocycles. The lowest BCUT2D eigenvalue weighted by Gasteiger charge is -2.13. The minimum absolute atomic E-state index is 0.173. The molecule has 0 amide bonds. The molecule has 1 saturated carbocycles. The minimum atomic E-state index is 0.173. The number of benzene rings is 1. The number of hydrogen-bond donors (Lipinski definition) is 1. The molecule has 0 unspecified atom stereocenters. The van der Waals surface area contributed by atoms with E-state index in [4.69, 9.17) is 0 Å². The monoisotopic (exact) mass is 241 g/mol. The lowest BCUT2D eigenvalue weighted by atomic mass is 9.99. The molecule has 0 radical (unpaired) electrons. The maximum atomic E-state index is 12.3. The van der Waals surface area contributed by atoms with Gasteiger partial charge < -0.3 is 4.98 Å². The molecule has 0 saturated heterocycles. The molecular weight excluding hydrogens is 222 g/mol. The quantitative estimate of drug-likeness (QED) is 0.809. The second kappa shape index (κ2) is 4.27. The highest BCUT2D eigenvalue weighted by atomic mass is 16.1. The maximum absolute atomic E-state index is 12.3. The summed E-state index contributed by atoms with van der Waals surface area (Å²) in [5.41, 5.74) is 4.57. The van der Waals surface area contributed by atoms with Gasteiger partial charge in [-0.05, 0) is 43.7 Å². The molecule has 94 valence electrons. The first-order valence-corrected chi connectivity index (χ1v) is 6.80. The summed E-state index contributed by atoms with van der Waals surface area (Å²) < 4.78 is 0. The van der Waals surface area contributed by atoms with Crippen molar-refractivity contribution in [2.24, 2.45) is 0 Å². The first-order valence-electron chi connectivity index (χ1n) is 6.80. The number of nitrogens with one attached hydrogen (secondary N) is 1. The van der Waals surface area contributed by atoms with Crippen LogP contribution in [0.25, 0.3) is 10.9 Å². The number of hydrogen-bond acceptors (Lipinski definition) is 1. The molecule has 1 aromatic carbocycles. The Balaban J connectivity index is 2.26. The van der Waals surface area contributed by atoms with Crippen LogP contribution in [0.1, 0.15) is 48.4 Å². The van der Waals surface area contributed by atoms with E-state index in [0.717, 1.165) is 27.7 Å². The van der Waals surface area contributed by atoms with Gasteiger partial charge in [-0.1, -0.05) is 25.0 Å². The zero-order valence-electron chi connectivity index (χ0n) is 11.0. The molecule has 2 nitrogen and oxygen atoms in total. The van der Waals surface area contributed by atoms with Gasteiger partial charge in [-0.25, -0.2) is 0 Å². The van der Waals surface area contributed by atoms with Crippen molar-refractivity contribution in [1.29, 1.82) is 0 Å². The van der Waals surface area contributed by atoms with E-state index in [1.165, 1.54) is 25.7 Å². The van der Waals surface area contributed by atoms with E-state index in [9.17, 15) is 4.79 Å². The summed E-state index contributed by atoms with van der Waals surface area (Å²) in [5, 5.41) is 0.858. The summed E-state index contributed by atoms with van der Waals surface area (Å²) in [4.78, 5) is 15.8. The van der Waals surface area contributed by atoms with Crippen molar-refractivity contribution in [3.05, 3.63) is 45.2 Å². The second-order valence-corrected chi connectivity index (χ2v) is 5.52. The number of aryl methyl sites for hydroxylation is 2. The Kier molecular flexibility index (Phi) is 2.73. The molecule has 1 aliphatic rings. The number of aromatic nitrogens is 1. The lowest BCUT2D eigenvalue weighted by Crippen LogP contribution is -2.09. The Morgan fingerprint density at radius 3 is 2.50 bits per heavy atom. The molecule has 2 aromatic rings. The van der Waals surface area contributed by atoms with Crippen LogP contribution in [0.5, 0.6) is 0 Å². The average Bonchev–Trinajstić information content (AvgIpc) is 2.87. The molecule has 0 atom stereocenters. The van der Waals surface area contributed by atoms with E-state index in [-0.39, 0.29) is 5.43 Å². The van der Waals surface area contributed by atoms with Crippen LogP contribution in [-0.2, 0) is 0 Å². The SMILES string of the molecule is Cc1ccc(C)c2c(=O)cc(C3CCCC3)[nH]c12. The molecule has 1 N–H and O–H groups in total. The van der Waals surface area contributed by atoms with E-state index in [2.05, 4.69) is 18.0 Å². The third-order valence-electron chi connectivity index (χ3n) is 4.22. The van der Waals surface area contributed by atoms with Crippen molar-refractivity contribution in [1.82, 2.24) is 4.98 Å². The van der Waals surface area contributed by atoms with Crippen LogP contribution in [0.2, 0.25) is 0 Å². The Morgan fingerprint density at radius 1 is 1.11 bits per heavy atom. The summed E-state index contributed by atoms with van der Waals surface area (Å²) in [7, 11) is 0. The Hall–Kier alpha value is -1.57. The largest absolute Gasteiger partial charge is 0.358 e. The summed E-state index contributed by atoms with van der Waals surface area (Å²) >= 11 is 0. The van der Waals surface area contributed by atoms with Crippen molar-refractivity contribution in [3.8, 4) is 0 Å². The molecule has 0 aliphatic heterocycles. The van der Waals surface area contributed by atoms with Crippen LogP contribution in [0, 0.1) is 13.8 Å². The van der Waals surface area contributed by atoms with Crippen LogP contribution in [-0.4, -0.2) is 4.98 Å². The number of fused-ring (bicyclic) bond motifs is 1. The topological polar surface area (TPSA) is 32.9 Å². The summed E-state index contributed by atoms with van der Waals surface area (Å²) in [6.45, 7) is 4.07. The molecule has 18 heavy (non-hydrogen) atoms. The zero-order chi connectivity index (χ0) is 12.7. The second-order valence-electron chi connectivity index (χ2n) is 5.52. The average molecular weight is 241 g/mol. The van der Waals surface area contributed by atoms with Gasteiger partial charge in [0, 0.05) is 17.1 Å². The van der Waals surface area contributed by atoms with Gasteiger partial charge >= 0.3 is 0 Å². The van der Waals surface area contributed by atoms with Gasteiger partial charge in [-0.15, -0.1) is 0 Å². The first kappa shape index (κ1) is 11.5. The highest BCUT2D eigenvalue weighted by Crippen LogP contribution is 2.33. The van der Waals surface area contributed by atoms with Crippen molar-refractivity contribution in [2.45, 2.75) is 45.4 Å². The molecule has 0 spiro atoms. The fourth-order valence-electron chi connectivity index (χ4n) is 3.14. The minimum Gasteiger partial charge on any atom is -0.358 e. The maximum Gasteiger partial charge on any atom is 0.189 e.